The molecule has 1 aromatic rings. The number of ether oxygens (including phenoxy) is 1. The van der Waals surface area contributed by atoms with E-state index < -0.39 is 5.97 Å². The predicted octanol–water partition coefficient (Wildman–Crippen LogP) is 4.26. The molecule has 1 amide bonds. The molecule has 0 saturated heterocycles. The second-order valence-electron chi connectivity index (χ2n) is 9.90. The number of hydrogen-bond donors (Lipinski definition) is 1. The second-order valence-corrected chi connectivity index (χ2v) is 9.90. The topological polar surface area (TPSA) is 72.5 Å². The molecule has 0 unspecified atom stereocenters. The highest BCUT2D eigenvalue weighted by atomic mass is 16.5. The summed E-state index contributed by atoms with van der Waals surface area (Å²) in [4.78, 5) is 37.3. The highest BCUT2D eigenvalue weighted by molar-refractivity contribution is 5.98. The molecule has 0 heterocycles. The van der Waals surface area contributed by atoms with Gasteiger partial charge in [-0.25, -0.2) is 0 Å². The summed E-state index contributed by atoms with van der Waals surface area (Å²) in [6.07, 6.45) is 7.75. The maximum atomic E-state index is 12.9. The zero-order valence-corrected chi connectivity index (χ0v) is 18.1. The van der Waals surface area contributed by atoms with E-state index >= 15 is 0 Å². The van der Waals surface area contributed by atoms with Crippen LogP contribution in [0.4, 0.5) is 0 Å². The summed E-state index contributed by atoms with van der Waals surface area (Å²) in [5.74, 6) is 1.70. The Morgan fingerprint density at radius 3 is 2.13 bits per heavy atom. The Morgan fingerprint density at radius 2 is 1.60 bits per heavy atom. The van der Waals surface area contributed by atoms with Crippen LogP contribution in [0.3, 0.4) is 0 Å². The molecule has 0 aromatic heterocycles. The van der Waals surface area contributed by atoms with E-state index in [1.54, 1.807) is 12.1 Å². The highest BCUT2D eigenvalue weighted by Crippen LogP contribution is 2.60. The number of ketones is 1. The van der Waals surface area contributed by atoms with E-state index in [2.05, 4.69) is 19.2 Å². The second kappa shape index (κ2) is 8.52. The molecule has 30 heavy (non-hydrogen) atoms. The van der Waals surface area contributed by atoms with E-state index in [1.807, 2.05) is 12.1 Å². The molecule has 4 bridgehead atoms. The van der Waals surface area contributed by atoms with Gasteiger partial charge in [0.25, 0.3) is 0 Å². The fourth-order valence-electron chi connectivity index (χ4n) is 6.24. The van der Waals surface area contributed by atoms with E-state index in [-0.39, 0.29) is 30.3 Å². The van der Waals surface area contributed by atoms with Gasteiger partial charge in [-0.3, -0.25) is 14.4 Å². The fraction of sp³-hybridized carbons (Fsp3) is 0.640. The van der Waals surface area contributed by atoms with E-state index in [9.17, 15) is 14.4 Å². The molecule has 0 radical (unpaired) electrons. The first-order chi connectivity index (χ1) is 14.4. The molecular weight excluding hydrogens is 378 g/mol. The number of benzene rings is 1. The van der Waals surface area contributed by atoms with Crippen LogP contribution in [0.25, 0.3) is 0 Å². The largest absolute Gasteiger partial charge is 0.456 e. The molecule has 5 heteroatoms. The van der Waals surface area contributed by atoms with Crippen LogP contribution in [0, 0.1) is 23.2 Å². The maximum absolute atomic E-state index is 12.9. The Labute approximate surface area is 178 Å². The monoisotopic (exact) mass is 411 g/mol. The number of esters is 1. The summed E-state index contributed by atoms with van der Waals surface area (Å²) in [5, 5.41) is 2.80. The Hall–Kier alpha value is -2.17. The highest BCUT2D eigenvalue weighted by Gasteiger charge is 2.54. The quantitative estimate of drug-likeness (QED) is 0.512. The Balaban J connectivity index is 1.23. The van der Waals surface area contributed by atoms with Gasteiger partial charge in [-0.2, -0.15) is 0 Å². The summed E-state index contributed by atoms with van der Waals surface area (Å²) in [5.41, 5.74) is 1.45. The first-order valence-electron chi connectivity index (χ1n) is 11.5. The standard InChI is InChI=1S/C25H33NO4/c1-3-16(2)20-4-6-21(7-5-20)22(27)15-30-23(28)14-26-24(29)25-11-17-8-18(12-25)10-19(9-17)13-25/h4-7,16-19H,3,8-15H2,1-2H3,(H,26,29)/t16-,17?,18?,19?,25?/m0/s1. The van der Waals surface area contributed by atoms with Gasteiger partial charge in [-0.1, -0.05) is 38.1 Å². The molecule has 4 aliphatic rings. The fourth-order valence-corrected chi connectivity index (χ4v) is 6.24. The van der Waals surface area contributed by atoms with Gasteiger partial charge in [0, 0.05) is 11.0 Å². The average Bonchev–Trinajstić information content (AvgIpc) is 2.74. The van der Waals surface area contributed by atoms with Crippen LogP contribution in [-0.2, 0) is 14.3 Å². The SMILES string of the molecule is CC[C@H](C)c1ccc(C(=O)COC(=O)CNC(=O)C23CC4CC(CC(C4)C2)C3)cc1. The first kappa shape index (κ1) is 21.1. The van der Waals surface area contributed by atoms with Gasteiger partial charge in [0.1, 0.15) is 6.54 Å². The molecule has 1 aromatic carbocycles. The number of nitrogens with one attached hydrogen (secondary N) is 1. The lowest BCUT2D eigenvalue weighted by Crippen LogP contribution is -2.54. The number of amides is 1. The third kappa shape index (κ3) is 4.30. The minimum absolute atomic E-state index is 0.00510. The van der Waals surface area contributed by atoms with Gasteiger partial charge < -0.3 is 10.1 Å². The lowest BCUT2D eigenvalue weighted by Gasteiger charge is -2.55. The van der Waals surface area contributed by atoms with Crippen molar-refractivity contribution in [2.24, 2.45) is 23.2 Å². The van der Waals surface area contributed by atoms with Crippen molar-refractivity contribution in [1.82, 2.24) is 5.32 Å². The summed E-state index contributed by atoms with van der Waals surface area (Å²) in [7, 11) is 0. The van der Waals surface area contributed by atoms with E-state index in [1.165, 1.54) is 24.8 Å². The third-order valence-electron chi connectivity index (χ3n) is 7.69. The zero-order valence-electron chi connectivity index (χ0n) is 18.1. The molecular formula is C25H33NO4. The van der Waals surface area contributed by atoms with Crippen molar-refractivity contribution < 1.29 is 19.1 Å². The average molecular weight is 412 g/mol. The lowest BCUT2D eigenvalue weighted by atomic mass is 9.49. The van der Waals surface area contributed by atoms with Crippen LogP contribution in [0.2, 0.25) is 0 Å². The molecule has 5 nitrogen and oxygen atoms in total. The van der Waals surface area contributed by atoms with Crippen molar-refractivity contribution >= 4 is 17.7 Å². The van der Waals surface area contributed by atoms with E-state index in [0.29, 0.717) is 29.2 Å². The van der Waals surface area contributed by atoms with Gasteiger partial charge in [0.2, 0.25) is 5.91 Å². The number of carbonyl (C=O) groups is 3. The van der Waals surface area contributed by atoms with Crippen LogP contribution in [0.1, 0.15) is 80.6 Å². The van der Waals surface area contributed by atoms with Gasteiger partial charge in [-0.05, 0) is 74.2 Å². The molecule has 0 spiro atoms. The molecule has 5 rings (SSSR count). The van der Waals surface area contributed by atoms with Crippen LogP contribution < -0.4 is 5.32 Å². The van der Waals surface area contributed by atoms with Crippen LogP contribution >= 0.6 is 0 Å². The Bertz CT molecular complexity index is 778. The van der Waals surface area contributed by atoms with E-state index in [0.717, 1.165) is 25.7 Å². The normalized spacial score (nSPS) is 30.0. The summed E-state index contributed by atoms with van der Waals surface area (Å²) in [6, 6.07) is 7.48. The van der Waals surface area contributed by atoms with Gasteiger partial charge >= 0.3 is 5.97 Å². The summed E-state index contributed by atoms with van der Waals surface area (Å²) < 4.78 is 5.12. The van der Waals surface area contributed by atoms with Gasteiger partial charge in [-0.15, -0.1) is 0 Å². The van der Waals surface area contributed by atoms with Crippen molar-refractivity contribution in [2.75, 3.05) is 13.2 Å². The van der Waals surface area contributed by atoms with Crippen molar-refractivity contribution in [2.45, 2.75) is 64.7 Å². The third-order valence-corrected chi connectivity index (χ3v) is 7.69. The zero-order chi connectivity index (χ0) is 21.3. The molecule has 4 fully saturated rings. The van der Waals surface area contributed by atoms with Crippen LogP contribution in [-0.4, -0.2) is 30.8 Å². The number of Topliss-reactive ketones (excluding diaryl/α,β-unsaturated/α-hetero) is 1. The predicted molar refractivity (Wildman–Crippen MR) is 114 cm³/mol. The van der Waals surface area contributed by atoms with Gasteiger partial charge in [0.05, 0.1) is 0 Å². The molecule has 4 saturated carbocycles. The molecule has 1 atom stereocenters. The number of hydrogen-bond acceptors (Lipinski definition) is 4. The molecule has 4 aliphatic carbocycles. The number of carbonyl (C=O) groups excluding carboxylic acids is 3. The first-order valence-corrected chi connectivity index (χ1v) is 11.5. The van der Waals surface area contributed by atoms with Gasteiger partial charge in [0.15, 0.2) is 12.4 Å². The van der Waals surface area contributed by atoms with Crippen LogP contribution in [0.15, 0.2) is 24.3 Å². The lowest BCUT2D eigenvalue weighted by molar-refractivity contribution is -0.150. The van der Waals surface area contributed by atoms with Crippen LogP contribution in [0.5, 0.6) is 0 Å². The van der Waals surface area contributed by atoms with E-state index in [4.69, 9.17) is 4.74 Å². The number of rotatable bonds is 8. The molecule has 0 aliphatic heterocycles. The van der Waals surface area contributed by atoms with Crippen molar-refractivity contribution in [3.63, 3.8) is 0 Å². The smallest absolute Gasteiger partial charge is 0.325 e. The minimum Gasteiger partial charge on any atom is -0.456 e. The van der Waals surface area contributed by atoms with Crippen molar-refractivity contribution in [3.8, 4) is 0 Å². The summed E-state index contributed by atoms with van der Waals surface area (Å²) in [6.45, 7) is 3.82. The van der Waals surface area contributed by atoms with Crippen molar-refractivity contribution in [1.29, 1.82) is 0 Å². The Kier molecular flexibility index (Phi) is 5.99. The summed E-state index contributed by atoms with van der Waals surface area (Å²) >= 11 is 0. The minimum atomic E-state index is -0.558. The maximum Gasteiger partial charge on any atom is 0.325 e. The molecule has 162 valence electrons. The Morgan fingerprint density at radius 1 is 1.03 bits per heavy atom. The van der Waals surface area contributed by atoms with Crippen molar-refractivity contribution in [3.05, 3.63) is 35.4 Å². The molecule has 1 N–H and O–H groups in total.